The molecule has 0 aliphatic rings. The van der Waals surface area contributed by atoms with Gasteiger partial charge in [0.2, 0.25) is 0 Å². The highest BCUT2D eigenvalue weighted by molar-refractivity contribution is 9.10. The van der Waals surface area contributed by atoms with Gasteiger partial charge in [-0.15, -0.1) is 0 Å². The first kappa shape index (κ1) is 14.3. The fraction of sp³-hybridized carbons (Fsp3) is 0.143. The van der Waals surface area contributed by atoms with Crippen LogP contribution < -0.4 is 4.74 Å². The average molecular weight is 346 g/mol. The van der Waals surface area contributed by atoms with Crippen molar-refractivity contribution in [2.45, 2.75) is 13.0 Å². The zero-order chi connectivity index (χ0) is 14.0. The summed E-state index contributed by atoms with van der Waals surface area (Å²) in [7, 11) is 0. The van der Waals surface area contributed by atoms with Crippen molar-refractivity contribution in [3.05, 3.63) is 57.3 Å². The Bertz CT molecular complexity index is 602. The lowest BCUT2D eigenvalue weighted by molar-refractivity contribution is 0.194. The van der Waals surface area contributed by atoms with Crippen molar-refractivity contribution in [2.24, 2.45) is 0 Å². The van der Waals surface area contributed by atoms with Crippen LogP contribution in [0.5, 0.6) is 11.5 Å². The molecule has 2 aromatic carbocycles. The molecule has 2 rings (SSSR count). The summed E-state index contributed by atoms with van der Waals surface area (Å²) in [6, 6.07) is 9.36. The van der Waals surface area contributed by atoms with Gasteiger partial charge in [-0.25, -0.2) is 4.39 Å². The van der Waals surface area contributed by atoms with Crippen LogP contribution in [-0.2, 0) is 0 Å². The van der Waals surface area contributed by atoms with Gasteiger partial charge in [0.15, 0.2) is 11.6 Å². The fourth-order valence-electron chi connectivity index (χ4n) is 1.63. The van der Waals surface area contributed by atoms with Crippen LogP contribution in [0.3, 0.4) is 0 Å². The minimum Gasteiger partial charge on any atom is -0.453 e. The first-order chi connectivity index (χ1) is 8.99. The maximum absolute atomic E-state index is 13.8. The molecule has 0 aliphatic heterocycles. The SMILES string of the molecule is C[C@@H](O)c1cccc(F)c1Oc1ccc(Cl)cc1Br. The molecule has 5 heteroatoms. The standard InChI is InChI=1S/C14H11BrClFO2/c1-8(18)10-3-2-4-12(17)14(10)19-13-6-5-9(16)7-11(13)15/h2-8,18H,1H3/t8-/m1/s1. The molecule has 0 saturated heterocycles. The van der Waals surface area contributed by atoms with Crippen molar-refractivity contribution in [1.29, 1.82) is 0 Å². The predicted octanol–water partition coefficient (Wildman–Crippen LogP) is 5.09. The van der Waals surface area contributed by atoms with Crippen LogP contribution in [0.15, 0.2) is 40.9 Å². The van der Waals surface area contributed by atoms with Gasteiger partial charge in [0.05, 0.1) is 10.6 Å². The van der Waals surface area contributed by atoms with E-state index in [1.807, 2.05) is 0 Å². The van der Waals surface area contributed by atoms with Gasteiger partial charge in [0.1, 0.15) is 5.75 Å². The van der Waals surface area contributed by atoms with E-state index in [0.29, 0.717) is 20.8 Å². The summed E-state index contributed by atoms with van der Waals surface area (Å²) in [5, 5.41) is 10.2. The normalized spacial score (nSPS) is 12.3. The number of halogens is 3. The maximum Gasteiger partial charge on any atom is 0.168 e. The molecule has 0 fully saturated rings. The van der Waals surface area contributed by atoms with Gasteiger partial charge < -0.3 is 9.84 Å². The molecular formula is C14H11BrClFO2. The molecule has 2 aromatic rings. The number of hydrogen-bond donors (Lipinski definition) is 1. The lowest BCUT2D eigenvalue weighted by atomic mass is 10.1. The van der Waals surface area contributed by atoms with Crippen molar-refractivity contribution >= 4 is 27.5 Å². The van der Waals surface area contributed by atoms with Crippen LogP contribution in [0.25, 0.3) is 0 Å². The Balaban J connectivity index is 2.43. The molecule has 100 valence electrons. The molecule has 2 nitrogen and oxygen atoms in total. The van der Waals surface area contributed by atoms with Gasteiger partial charge in [0, 0.05) is 10.6 Å². The van der Waals surface area contributed by atoms with Crippen LogP contribution in [0, 0.1) is 5.82 Å². The molecule has 0 saturated carbocycles. The molecule has 19 heavy (non-hydrogen) atoms. The molecule has 1 atom stereocenters. The summed E-state index contributed by atoms with van der Waals surface area (Å²) in [6.45, 7) is 1.55. The highest BCUT2D eigenvalue weighted by atomic mass is 79.9. The molecule has 0 bridgehead atoms. The Morgan fingerprint density at radius 3 is 2.68 bits per heavy atom. The van der Waals surface area contributed by atoms with E-state index in [-0.39, 0.29) is 5.75 Å². The third-order valence-electron chi connectivity index (χ3n) is 2.55. The first-order valence-corrected chi connectivity index (χ1v) is 6.75. The predicted molar refractivity (Wildman–Crippen MR) is 76.3 cm³/mol. The van der Waals surface area contributed by atoms with E-state index in [0.717, 1.165) is 0 Å². The summed E-state index contributed by atoms with van der Waals surface area (Å²) in [6.07, 6.45) is -0.822. The van der Waals surface area contributed by atoms with Crippen LogP contribution in [0.2, 0.25) is 5.02 Å². The molecule has 0 heterocycles. The lowest BCUT2D eigenvalue weighted by Crippen LogP contribution is -1.99. The first-order valence-electron chi connectivity index (χ1n) is 5.58. The highest BCUT2D eigenvalue weighted by Crippen LogP contribution is 2.36. The summed E-state index contributed by atoms with van der Waals surface area (Å²) >= 11 is 9.13. The van der Waals surface area contributed by atoms with Gasteiger partial charge in [-0.05, 0) is 47.1 Å². The molecule has 0 unspecified atom stereocenters. The van der Waals surface area contributed by atoms with Gasteiger partial charge >= 0.3 is 0 Å². The second-order valence-corrected chi connectivity index (χ2v) is 5.30. The Morgan fingerprint density at radius 2 is 2.05 bits per heavy atom. The number of para-hydroxylation sites is 1. The third kappa shape index (κ3) is 3.26. The number of aliphatic hydroxyl groups is 1. The number of ether oxygens (including phenoxy) is 1. The molecule has 1 N–H and O–H groups in total. The van der Waals surface area contributed by atoms with Crippen LogP contribution in [0.4, 0.5) is 4.39 Å². The van der Waals surface area contributed by atoms with Gasteiger partial charge in [0.25, 0.3) is 0 Å². The van der Waals surface area contributed by atoms with E-state index < -0.39 is 11.9 Å². The van der Waals surface area contributed by atoms with Crippen molar-refractivity contribution in [3.63, 3.8) is 0 Å². The Labute approximate surface area is 123 Å². The molecule has 0 aliphatic carbocycles. The fourth-order valence-corrected chi connectivity index (χ4v) is 2.39. The smallest absolute Gasteiger partial charge is 0.168 e. The highest BCUT2D eigenvalue weighted by Gasteiger charge is 2.15. The minimum absolute atomic E-state index is 0.0144. The molecule has 0 spiro atoms. The Hall–Kier alpha value is -1.10. The summed E-state index contributed by atoms with van der Waals surface area (Å²) in [5.74, 6) is -0.0860. The molecular weight excluding hydrogens is 335 g/mol. The van der Waals surface area contributed by atoms with Crippen molar-refractivity contribution in [1.82, 2.24) is 0 Å². The second kappa shape index (κ2) is 5.90. The number of aliphatic hydroxyl groups excluding tert-OH is 1. The van der Waals surface area contributed by atoms with E-state index >= 15 is 0 Å². The van der Waals surface area contributed by atoms with E-state index in [2.05, 4.69) is 15.9 Å². The zero-order valence-corrected chi connectivity index (χ0v) is 12.4. The lowest BCUT2D eigenvalue weighted by Gasteiger charge is -2.14. The van der Waals surface area contributed by atoms with Gasteiger partial charge in [-0.3, -0.25) is 0 Å². The number of hydrogen-bond acceptors (Lipinski definition) is 2. The number of rotatable bonds is 3. The average Bonchev–Trinajstić information content (AvgIpc) is 2.34. The Kier molecular flexibility index (Phi) is 4.45. The van der Waals surface area contributed by atoms with Gasteiger partial charge in [-0.2, -0.15) is 0 Å². The quantitative estimate of drug-likeness (QED) is 0.840. The Morgan fingerprint density at radius 1 is 1.32 bits per heavy atom. The maximum atomic E-state index is 13.8. The molecule has 0 radical (unpaired) electrons. The third-order valence-corrected chi connectivity index (χ3v) is 3.41. The van der Waals surface area contributed by atoms with Crippen molar-refractivity contribution in [3.8, 4) is 11.5 Å². The van der Waals surface area contributed by atoms with E-state index in [1.165, 1.54) is 12.1 Å². The minimum atomic E-state index is -0.822. The second-order valence-electron chi connectivity index (χ2n) is 4.01. The van der Waals surface area contributed by atoms with Crippen molar-refractivity contribution in [2.75, 3.05) is 0 Å². The van der Waals surface area contributed by atoms with Crippen LogP contribution in [-0.4, -0.2) is 5.11 Å². The van der Waals surface area contributed by atoms with Crippen molar-refractivity contribution < 1.29 is 14.2 Å². The summed E-state index contributed by atoms with van der Waals surface area (Å²) in [4.78, 5) is 0. The van der Waals surface area contributed by atoms with E-state index in [1.54, 1.807) is 31.2 Å². The largest absolute Gasteiger partial charge is 0.453 e. The summed E-state index contributed by atoms with van der Waals surface area (Å²) < 4.78 is 20.0. The summed E-state index contributed by atoms with van der Waals surface area (Å²) in [5.41, 5.74) is 0.391. The van der Waals surface area contributed by atoms with Gasteiger partial charge in [-0.1, -0.05) is 23.7 Å². The van der Waals surface area contributed by atoms with Crippen LogP contribution in [0.1, 0.15) is 18.6 Å². The monoisotopic (exact) mass is 344 g/mol. The number of benzene rings is 2. The van der Waals surface area contributed by atoms with E-state index in [4.69, 9.17) is 16.3 Å². The van der Waals surface area contributed by atoms with Crippen LogP contribution >= 0.6 is 27.5 Å². The molecule has 0 amide bonds. The zero-order valence-electron chi connectivity index (χ0n) is 10.0. The topological polar surface area (TPSA) is 29.5 Å². The van der Waals surface area contributed by atoms with E-state index in [9.17, 15) is 9.50 Å². The molecule has 0 aromatic heterocycles.